The molecule has 0 aliphatic rings. The van der Waals surface area contributed by atoms with E-state index in [9.17, 15) is 9.90 Å². The van der Waals surface area contributed by atoms with Crippen LogP contribution in [-0.4, -0.2) is 30.2 Å². The Morgan fingerprint density at radius 1 is 1.12 bits per heavy atom. The summed E-state index contributed by atoms with van der Waals surface area (Å²) in [6.45, 7) is 1.43. The first-order valence-corrected chi connectivity index (χ1v) is 8.10. The third-order valence-corrected chi connectivity index (χ3v) is 4.19. The Balaban J connectivity index is 2.19. The summed E-state index contributed by atoms with van der Waals surface area (Å²) in [5.74, 6) is 0.980. The number of pyridine rings is 1. The molecule has 134 valence electrons. The summed E-state index contributed by atoms with van der Waals surface area (Å²) in [5.41, 5.74) is 1.72. The van der Waals surface area contributed by atoms with Crippen LogP contribution < -0.4 is 14.8 Å². The van der Waals surface area contributed by atoms with Crippen molar-refractivity contribution in [1.82, 2.24) is 10.3 Å². The lowest BCUT2D eigenvalue weighted by atomic mass is 9.95. The number of aromatic hydroxyl groups is 1. The van der Waals surface area contributed by atoms with Crippen molar-refractivity contribution in [3.63, 3.8) is 0 Å². The topological polar surface area (TPSA) is 80.7 Å². The summed E-state index contributed by atoms with van der Waals surface area (Å²) in [7, 11) is 3.12. The van der Waals surface area contributed by atoms with Gasteiger partial charge in [0.1, 0.15) is 22.8 Å². The number of fused-ring (bicyclic) bond motifs is 1. The summed E-state index contributed by atoms with van der Waals surface area (Å²) < 4.78 is 10.7. The van der Waals surface area contributed by atoms with Gasteiger partial charge in [-0.05, 0) is 18.2 Å². The van der Waals surface area contributed by atoms with Crippen LogP contribution in [0.3, 0.4) is 0 Å². The van der Waals surface area contributed by atoms with Crippen LogP contribution in [-0.2, 0) is 4.79 Å². The van der Waals surface area contributed by atoms with Crippen LogP contribution in [0.15, 0.2) is 48.7 Å². The van der Waals surface area contributed by atoms with E-state index in [1.54, 1.807) is 50.7 Å². The highest BCUT2D eigenvalue weighted by Gasteiger charge is 2.24. The van der Waals surface area contributed by atoms with Gasteiger partial charge in [0.2, 0.25) is 5.91 Å². The molecule has 6 nitrogen and oxygen atoms in total. The molecule has 1 heterocycles. The van der Waals surface area contributed by atoms with Crippen molar-refractivity contribution in [1.29, 1.82) is 0 Å². The Hall–Kier alpha value is -3.28. The second kappa shape index (κ2) is 7.31. The molecular formula is C20H20N2O4. The lowest BCUT2D eigenvalue weighted by Crippen LogP contribution is -2.27. The van der Waals surface area contributed by atoms with Gasteiger partial charge in [0.25, 0.3) is 0 Å². The van der Waals surface area contributed by atoms with Gasteiger partial charge < -0.3 is 19.9 Å². The number of nitrogens with one attached hydrogen (secondary N) is 1. The number of carbonyl (C=O) groups excluding carboxylic acids is 1. The quantitative estimate of drug-likeness (QED) is 0.737. The molecule has 3 aromatic rings. The van der Waals surface area contributed by atoms with Crippen molar-refractivity contribution >= 4 is 16.8 Å². The Morgan fingerprint density at radius 3 is 2.58 bits per heavy atom. The van der Waals surface area contributed by atoms with E-state index in [1.165, 1.54) is 6.92 Å². The number of methoxy groups -OCH3 is 2. The smallest absolute Gasteiger partial charge is 0.217 e. The molecule has 0 unspecified atom stereocenters. The zero-order valence-electron chi connectivity index (χ0n) is 14.8. The number of hydrogen-bond donors (Lipinski definition) is 2. The molecule has 2 N–H and O–H groups in total. The molecule has 3 rings (SSSR count). The Bertz CT molecular complexity index is 956. The minimum Gasteiger partial charge on any atom is -0.505 e. The molecule has 0 saturated heterocycles. The first-order valence-electron chi connectivity index (χ1n) is 8.10. The minimum atomic E-state index is -0.597. The van der Waals surface area contributed by atoms with Crippen LogP contribution in [0.2, 0.25) is 0 Å². The molecule has 0 spiro atoms. The number of ether oxygens (including phenoxy) is 2. The van der Waals surface area contributed by atoms with Crippen LogP contribution >= 0.6 is 0 Å². The molecule has 1 aromatic heterocycles. The van der Waals surface area contributed by atoms with E-state index < -0.39 is 6.04 Å². The maximum Gasteiger partial charge on any atom is 0.217 e. The maximum atomic E-state index is 11.8. The fraction of sp³-hybridized carbons (Fsp3) is 0.200. The molecule has 0 aliphatic heterocycles. The standard InChI is InChI=1S/C20H20N2O4/c1-12(23)22-19(15-9-7-14(25-2)11-17(15)26-3)16-8-6-13-5-4-10-21-18(13)20(16)24/h4-11,19,24H,1-3H3,(H,22,23)/t19-/m1/s1. The highest BCUT2D eigenvalue weighted by atomic mass is 16.5. The van der Waals surface area contributed by atoms with Gasteiger partial charge in [0, 0.05) is 35.7 Å². The summed E-state index contributed by atoms with van der Waals surface area (Å²) >= 11 is 0. The molecular weight excluding hydrogens is 332 g/mol. The third-order valence-electron chi connectivity index (χ3n) is 4.19. The number of amides is 1. The summed E-state index contributed by atoms with van der Waals surface area (Å²) in [5, 5.41) is 14.5. The third kappa shape index (κ3) is 3.26. The van der Waals surface area contributed by atoms with E-state index in [4.69, 9.17) is 9.47 Å². The fourth-order valence-electron chi connectivity index (χ4n) is 2.96. The molecule has 1 atom stereocenters. The van der Waals surface area contributed by atoms with Crippen LogP contribution in [0.1, 0.15) is 24.1 Å². The number of hydrogen-bond acceptors (Lipinski definition) is 5. The number of phenols is 1. The molecule has 0 radical (unpaired) electrons. The van der Waals surface area contributed by atoms with Gasteiger partial charge >= 0.3 is 0 Å². The second-order valence-electron chi connectivity index (χ2n) is 5.82. The van der Waals surface area contributed by atoms with E-state index in [0.717, 1.165) is 5.39 Å². The molecule has 26 heavy (non-hydrogen) atoms. The second-order valence-corrected chi connectivity index (χ2v) is 5.82. The van der Waals surface area contributed by atoms with Crippen molar-refractivity contribution in [3.8, 4) is 17.2 Å². The number of rotatable bonds is 5. The first-order chi connectivity index (χ1) is 12.5. The predicted molar refractivity (Wildman–Crippen MR) is 98.6 cm³/mol. The molecule has 0 aliphatic carbocycles. The van der Waals surface area contributed by atoms with Crippen molar-refractivity contribution in [3.05, 3.63) is 59.8 Å². The fourth-order valence-corrected chi connectivity index (χ4v) is 2.96. The predicted octanol–water partition coefficient (Wildman–Crippen LogP) is 3.18. The van der Waals surface area contributed by atoms with Gasteiger partial charge in [0.15, 0.2) is 0 Å². The summed E-state index contributed by atoms with van der Waals surface area (Å²) in [6.07, 6.45) is 1.62. The molecule has 2 aromatic carbocycles. The lowest BCUT2D eigenvalue weighted by molar-refractivity contribution is -0.119. The van der Waals surface area contributed by atoms with Gasteiger partial charge in [0.05, 0.1) is 20.3 Å². The monoisotopic (exact) mass is 352 g/mol. The molecule has 0 fully saturated rings. The normalized spacial score (nSPS) is 11.8. The zero-order chi connectivity index (χ0) is 18.7. The summed E-state index contributed by atoms with van der Waals surface area (Å²) in [4.78, 5) is 16.1. The average Bonchev–Trinajstić information content (AvgIpc) is 2.66. The van der Waals surface area contributed by atoms with Gasteiger partial charge in [-0.3, -0.25) is 9.78 Å². The van der Waals surface area contributed by atoms with Crippen molar-refractivity contribution in [2.45, 2.75) is 13.0 Å². The molecule has 0 bridgehead atoms. The molecule has 6 heteroatoms. The number of benzene rings is 2. The highest BCUT2D eigenvalue weighted by molar-refractivity contribution is 5.86. The highest BCUT2D eigenvalue weighted by Crippen LogP contribution is 2.38. The number of carbonyl (C=O) groups is 1. The SMILES string of the molecule is COc1ccc([C@@H](NC(C)=O)c2ccc3cccnc3c2O)c(OC)c1. The van der Waals surface area contributed by atoms with E-state index >= 15 is 0 Å². The van der Waals surface area contributed by atoms with Gasteiger partial charge in [-0.1, -0.05) is 18.2 Å². The largest absolute Gasteiger partial charge is 0.505 e. The number of aromatic nitrogens is 1. The van der Waals surface area contributed by atoms with Crippen LogP contribution in [0.25, 0.3) is 10.9 Å². The van der Waals surface area contributed by atoms with Gasteiger partial charge in [-0.2, -0.15) is 0 Å². The van der Waals surface area contributed by atoms with Gasteiger partial charge in [-0.15, -0.1) is 0 Å². The van der Waals surface area contributed by atoms with Crippen LogP contribution in [0, 0.1) is 0 Å². The van der Waals surface area contributed by atoms with Crippen LogP contribution in [0.5, 0.6) is 17.2 Å². The Kier molecular flexibility index (Phi) is 4.93. The minimum absolute atomic E-state index is 0.0275. The number of phenolic OH excluding ortho intramolecular Hbond substituents is 1. The lowest BCUT2D eigenvalue weighted by Gasteiger charge is -2.23. The van der Waals surface area contributed by atoms with Crippen molar-refractivity contribution in [2.24, 2.45) is 0 Å². The van der Waals surface area contributed by atoms with Gasteiger partial charge in [-0.25, -0.2) is 0 Å². The van der Waals surface area contributed by atoms with E-state index in [1.807, 2.05) is 12.1 Å². The summed E-state index contributed by atoms with van der Waals surface area (Å²) in [6, 6.07) is 12.0. The van der Waals surface area contributed by atoms with Crippen LogP contribution in [0.4, 0.5) is 0 Å². The number of nitrogens with zero attached hydrogens (tertiary/aromatic N) is 1. The van der Waals surface area contributed by atoms with E-state index in [-0.39, 0.29) is 11.7 Å². The molecule has 1 amide bonds. The van der Waals surface area contributed by atoms with E-state index in [0.29, 0.717) is 28.1 Å². The zero-order valence-corrected chi connectivity index (χ0v) is 14.8. The van der Waals surface area contributed by atoms with Crippen molar-refractivity contribution < 1.29 is 19.4 Å². The average molecular weight is 352 g/mol. The first kappa shape index (κ1) is 17.5. The Morgan fingerprint density at radius 2 is 1.88 bits per heavy atom. The Labute approximate surface area is 151 Å². The molecule has 0 saturated carbocycles. The van der Waals surface area contributed by atoms with E-state index in [2.05, 4.69) is 10.3 Å². The maximum absolute atomic E-state index is 11.8. The van der Waals surface area contributed by atoms with Crippen molar-refractivity contribution in [2.75, 3.05) is 14.2 Å².